The number of fused-ring (bicyclic) bond motifs is 1. The number of hydrogen-bond donors (Lipinski definition) is 1. The minimum atomic E-state index is -0.239. The molecule has 150 valence electrons. The molecule has 0 atom stereocenters. The van der Waals surface area contributed by atoms with Gasteiger partial charge in [0, 0.05) is 33.2 Å². The van der Waals surface area contributed by atoms with Crippen LogP contribution < -0.4 is 5.43 Å². The van der Waals surface area contributed by atoms with E-state index in [0.717, 1.165) is 44.0 Å². The predicted molar refractivity (Wildman–Crippen MR) is 124 cm³/mol. The first-order valence-electron chi connectivity index (χ1n) is 9.72. The first kappa shape index (κ1) is 19.9. The van der Waals surface area contributed by atoms with Crippen LogP contribution >= 0.6 is 11.6 Å². The van der Waals surface area contributed by atoms with Crippen molar-refractivity contribution in [3.05, 3.63) is 99.8 Å². The van der Waals surface area contributed by atoms with Crippen molar-refractivity contribution >= 4 is 34.5 Å². The zero-order valence-corrected chi connectivity index (χ0v) is 17.9. The third-order valence-corrected chi connectivity index (χ3v) is 5.74. The monoisotopic (exact) mass is 415 g/mol. The molecule has 0 spiro atoms. The molecule has 1 amide bonds. The molecule has 1 aromatic heterocycles. The number of nitrogens with one attached hydrogen (secondary N) is 1. The van der Waals surface area contributed by atoms with Crippen LogP contribution in [0.2, 0.25) is 5.02 Å². The standard InChI is InChI=1S/C25H22ClN3O/c1-16-13-22(18(3)29(16)24-10-6-9-23(26)17(24)2)15-27-28-25(30)21-12-11-19-7-4-5-8-20(19)14-21/h4-15H,1-3H3,(H,28,30)/b27-15+. The number of nitrogens with zero attached hydrogens (tertiary/aromatic N) is 2. The van der Waals surface area contributed by atoms with E-state index in [-0.39, 0.29) is 5.91 Å². The average Bonchev–Trinajstić information content (AvgIpc) is 3.03. The van der Waals surface area contributed by atoms with Crippen LogP contribution in [0.4, 0.5) is 0 Å². The first-order valence-corrected chi connectivity index (χ1v) is 10.1. The Bertz CT molecular complexity index is 1290. The zero-order valence-electron chi connectivity index (χ0n) is 17.1. The zero-order chi connectivity index (χ0) is 21.3. The van der Waals surface area contributed by atoms with Gasteiger partial charge in [0.1, 0.15) is 0 Å². The molecule has 5 heteroatoms. The van der Waals surface area contributed by atoms with Crippen LogP contribution in [-0.4, -0.2) is 16.7 Å². The van der Waals surface area contributed by atoms with Crippen molar-refractivity contribution in [2.45, 2.75) is 20.8 Å². The van der Waals surface area contributed by atoms with Crippen molar-refractivity contribution in [1.29, 1.82) is 0 Å². The van der Waals surface area contributed by atoms with E-state index in [4.69, 9.17) is 11.6 Å². The summed E-state index contributed by atoms with van der Waals surface area (Å²) in [7, 11) is 0. The number of amides is 1. The van der Waals surface area contributed by atoms with E-state index in [0.29, 0.717) is 5.56 Å². The van der Waals surface area contributed by atoms with Gasteiger partial charge < -0.3 is 4.57 Å². The molecule has 4 nitrogen and oxygen atoms in total. The van der Waals surface area contributed by atoms with E-state index < -0.39 is 0 Å². The summed E-state index contributed by atoms with van der Waals surface area (Å²) in [5.41, 5.74) is 8.30. The summed E-state index contributed by atoms with van der Waals surface area (Å²) in [5.74, 6) is -0.239. The van der Waals surface area contributed by atoms with Crippen molar-refractivity contribution in [2.24, 2.45) is 5.10 Å². The lowest BCUT2D eigenvalue weighted by molar-refractivity contribution is 0.0955. The second-order valence-corrected chi connectivity index (χ2v) is 7.71. The fourth-order valence-electron chi connectivity index (χ4n) is 3.68. The quantitative estimate of drug-likeness (QED) is 0.323. The van der Waals surface area contributed by atoms with Gasteiger partial charge in [-0.2, -0.15) is 5.10 Å². The molecule has 0 saturated heterocycles. The van der Waals surface area contributed by atoms with E-state index in [1.807, 2.05) is 81.4 Å². The topological polar surface area (TPSA) is 46.4 Å². The lowest BCUT2D eigenvalue weighted by Gasteiger charge is -2.13. The maximum atomic E-state index is 12.5. The molecule has 4 aromatic rings. The SMILES string of the molecule is Cc1c(Cl)cccc1-n1c(C)cc(/C=N/NC(=O)c2ccc3ccccc3c2)c1C. The highest BCUT2D eigenvalue weighted by molar-refractivity contribution is 6.31. The number of hydrazone groups is 1. The van der Waals surface area contributed by atoms with E-state index >= 15 is 0 Å². The maximum absolute atomic E-state index is 12.5. The van der Waals surface area contributed by atoms with Gasteiger partial charge in [-0.25, -0.2) is 5.43 Å². The molecular formula is C25H22ClN3O. The minimum absolute atomic E-state index is 0.239. The van der Waals surface area contributed by atoms with E-state index in [2.05, 4.69) is 15.1 Å². The Balaban J connectivity index is 1.55. The van der Waals surface area contributed by atoms with Crippen LogP contribution in [-0.2, 0) is 0 Å². The number of halogens is 1. The lowest BCUT2D eigenvalue weighted by atomic mass is 10.1. The average molecular weight is 416 g/mol. The van der Waals surface area contributed by atoms with Gasteiger partial charge in [-0.3, -0.25) is 4.79 Å². The summed E-state index contributed by atoms with van der Waals surface area (Å²) >= 11 is 6.30. The third kappa shape index (κ3) is 3.74. The van der Waals surface area contributed by atoms with Crippen molar-refractivity contribution in [2.75, 3.05) is 0 Å². The van der Waals surface area contributed by atoms with E-state index in [9.17, 15) is 4.79 Å². The van der Waals surface area contributed by atoms with Crippen LogP contribution in [0.5, 0.6) is 0 Å². The van der Waals surface area contributed by atoms with Crippen LogP contribution in [0.3, 0.4) is 0 Å². The van der Waals surface area contributed by atoms with Gasteiger partial charge in [0.05, 0.1) is 6.21 Å². The smallest absolute Gasteiger partial charge is 0.271 e. The van der Waals surface area contributed by atoms with Gasteiger partial charge in [-0.05, 0) is 67.4 Å². The van der Waals surface area contributed by atoms with Crippen molar-refractivity contribution in [3.8, 4) is 5.69 Å². The van der Waals surface area contributed by atoms with Crippen LogP contribution in [0.25, 0.3) is 16.5 Å². The van der Waals surface area contributed by atoms with Gasteiger partial charge in [0.2, 0.25) is 0 Å². The summed E-state index contributed by atoms with van der Waals surface area (Å²) in [6.07, 6.45) is 1.68. The fraction of sp³-hybridized carbons (Fsp3) is 0.120. The molecule has 3 aromatic carbocycles. The minimum Gasteiger partial charge on any atom is -0.318 e. The third-order valence-electron chi connectivity index (χ3n) is 5.33. The van der Waals surface area contributed by atoms with Crippen LogP contribution in [0.15, 0.2) is 71.8 Å². The number of rotatable bonds is 4. The molecular weight excluding hydrogens is 394 g/mol. The molecule has 0 fully saturated rings. The van der Waals surface area contributed by atoms with E-state index in [1.54, 1.807) is 12.3 Å². The molecule has 0 unspecified atom stereocenters. The Kier molecular flexibility index (Phi) is 5.42. The number of carbonyl (C=O) groups excluding carboxylic acids is 1. The number of hydrogen-bond acceptors (Lipinski definition) is 2. The molecule has 0 aliphatic carbocycles. The predicted octanol–water partition coefficient (Wildman–Crippen LogP) is 5.97. The van der Waals surface area contributed by atoms with Crippen molar-refractivity contribution < 1.29 is 4.79 Å². The highest BCUT2D eigenvalue weighted by Gasteiger charge is 2.13. The molecule has 4 rings (SSSR count). The second-order valence-electron chi connectivity index (χ2n) is 7.31. The molecule has 0 saturated carbocycles. The fourth-order valence-corrected chi connectivity index (χ4v) is 3.85. The van der Waals surface area contributed by atoms with Gasteiger partial charge >= 0.3 is 0 Å². The Labute approximate surface area is 180 Å². The number of aryl methyl sites for hydroxylation is 1. The Morgan fingerprint density at radius 3 is 2.53 bits per heavy atom. The van der Waals surface area contributed by atoms with E-state index in [1.165, 1.54) is 0 Å². The highest BCUT2D eigenvalue weighted by Crippen LogP contribution is 2.26. The van der Waals surface area contributed by atoms with Crippen LogP contribution in [0.1, 0.15) is 32.9 Å². The Hall–Kier alpha value is -3.37. The highest BCUT2D eigenvalue weighted by atomic mass is 35.5. The normalized spacial score (nSPS) is 11.3. The molecule has 1 heterocycles. The largest absolute Gasteiger partial charge is 0.318 e. The van der Waals surface area contributed by atoms with Gasteiger partial charge in [-0.1, -0.05) is 48.0 Å². The molecule has 0 aliphatic heterocycles. The summed E-state index contributed by atoms with van der Waals surface area (Å²) in [6, 6.07) is 21.5. The van der Waals surface area contributed by atoms with Crippen LogP contribution in [0, 0.1) is 20.8 Å². The molecule has 0 radical (unpaired) electrons. The Morgan fingerprint density at radius 2 is 1.73 bits per heavy atom. The number of aromatic nitrogens is 1. The van der Waals surface area contributed by atoms with Crippen molar-refractivity contribution in [3.63, 3.8) is 0 Å². The summed E-state index contributed by atoms with van der Waals surface area (Å²) in [6.45, 7) is 6.08. The number of carbonyl (C=O) groups is 1. The number of benzene rings is 3. The lowest BCUT2D eigenvalue weighted by Crippen LogP contribution is -2.17. The summed E-state index contributed by atoms with van der Waals surface area (Å²) in [5, 5.41) is 7.04. The molecule has 0 bridgehead atoms. The van der Waals surface area contributed by atoms with Gasteiger partial charge in [0.25, 0.3) is 5.91 Å². The molecule has 1 N–H and O–H groups in total. The Morgan fingerprint density at radius 1 is 0.967 bits per heavy atom. The molecule has 0 aliphatic rings. The maximum Gasteiger partial charge on any atom is 0.271 e. The van der Waals surface area contributed by atoms with Gasteiger partial charge in [0.15, 0.2) is 0 Å². The second kappa shape index (κ2) is 8.17. The summed E-state index contributed by atoms with van der Waals surface area (Å²) in [4.78, 5) is 12.5. The molecule has 30 heavy (non-hydrogen) atoms. The summed E-state index contributed by atoms with van der Waals surface area (Å²) < 4.78 is 2.15. The van der Waals surface area contributed by atoms with Crippen molar-refractivity contribution in [1.82, 2.24) is 9.99 Å². The first-order chi connectivity index (χ1) is 14.5. The van der Waals surface area contributed by atoms with Gasteiger partial charge in [-0.15, -0.1) is 0 Å².